The first kappa shape index (κ1) is 11.0. The van der Waals surface area contributed by atoms with Crippen molar-refractivity contribution in [2.45, 2.75) is 13.5 Å². The van der Waals surface area contributed by atoms with Gasteiger partial charge in [-0.3, -0.25) is 0 Å². The molecule has 0 bridgehead atoms. The summed E-state index contributed by atoms with van der Waals surface area (Å²) < 4.78 is 22.2. The molecule has 0 saturated carbocycles. The molecule has 0 saturated heterocycles. The quantitative estimate of drug-likeness (QED) is 0.699. The van der Waals surface area contributed by atoms with Crippen LogP contribution in [0.4, 0.5) is 4.39 Å². The van der Waals surface area contributed by atoms with Gasteiger partial charge in [-0.05, 0) is 24.6 Å². The van der Waals surface area contributed by atoms with Crippen LogP contribution in [0, 0.1) is 0 Å². The van der Waals surface area contributed by atoms with E-state index in [1.807, 2.05) is 31.2 Å². The number of benzene rings is 1. The predicted molar refractivity (Wildman–Crippen MR) is 53.2 cm³/mol. The first-order valence-electron chi connectivity index (χ1n) is 4.72. The molecule has 1 aromatic rings. The highest BCUT2D eigenvalue weighted by atomic mass is 19.1. The van der Waals surface area contributed by atoms with Crippen LogP contribution in [0.1, 0.15) is 12.5 Å². The van der Waals surface area contributed by atoms with Gasteiger partial charge in [-0.1, -0.05) is 12.1 Å². The molecule has 0 aliphatic carbocycles. The number of ether oxygens (including phenoxy) is 2. The fourth-order valence-corrected chi connectivity index (χ4v) is 1.10. The second-order valence-electron chi connectivity index (χ2n) is 2.82. The Balaban J connectivity index is 2.50. The van der Waals surface area contributed by atoms with Gasteiger partial charge in [0, 0.05) is 6.61 Å². The van der Waals surface area contributed by atoms with Crippen molar-refractivity contribution in [2.24, 2.45) is 0 Å². The van der Waals surface area contributed by atoms with Gasteiger partial charge in [-0.15, -0.1) is 0 Å². The van der Waals surface area contributed by atoms with Gasteiger partial charge in [0.2, 0.25) is 0 Å². The molecule has 0 spiro atoms. The third-order valence-corrected chi connectivity index (χ3v) is 1.72. The minimum absolute atomic E-state index is 0.109. The smallest absolute Gasteiger partial charge is 0.123 e. The van der Waals surface area contributed by atoms with Gasteiger partial charge in [-0.2, -0.15) is 0 Å². The van der Waals surface area contributed by atoms with Crippen LogP contribution < -0.4 is 4.74 Å². The van der Waals surface area contributed by atoms with E-state index in [9.17, 15) is 4.39 Å². The monoisotopic (exact) mass is 198 g/mol. The molecule has 1 rings (SSSR count). The maximum absolute atomic E-state index is 11.8. The predicted octanol–water partition coefficient (Wildman–Crippen LogP) is 2.57. The van der Waals surface area contributed by atoms with Crippen molar-refractivity contribution in [1.82, 2.24) is 0 Å². The van der Waals surface area contributed by atoms with E-state index in [1.165, 1.54) is 0 Å². The zero-order chi connectivity index (χ0) is 10.2. The Labute approximate surface area is 83.6 Å². The van der Waals surface area contributed by atoms with Crippen LogP contribution in [0.2, 0.25) is 0 Å². The van der Waals surface area contributed by atoms with Crippen LogP contribution in [0.3, 0.4) is 0 Å². The Hall–Kier alpha value is -1.09. The van der Waals surface area contributed by atoms with Gasteiger partial charge < -0.3 is 9.47 Å². The Bertz CT molecular complexity index is 240. The van der Waals surface area contributed by atoms with Crippen molar-refractivity contribution in [2.75, 3.05) is 19.9 Å². The van der Waals surface area contributed by atoms with E-state index in [2.05, 4.69) is 0 Å². The van der Waals surface area contributed by atoms with Crippen molar-refractivity contribution in [3.05, 3.63) is 29.8 Å². The minimum atomic E-state index is -0.463. The van der Waals surface area contributed by atoms with Gasteiger partial charge in [-0.25, -0.2) is 4.39 Å². The zero-order valence-electron chi connectivity index (χ0n) is 8.33. The van der Waals surface area contributed by atoms with Crippen LogP contribution in [0.5, 0.6) is 5.75 Å². The topological polar surface area (TPSA) is 18.5 Å². The normalized spacial score (nSPS) is 10.1. The number of alkyl halides is 1. The van der Waals surface area contributed by atoms with Crippen molar-refractivity contribution in [3.8, 4) is 5.75 Å². The molecule has 0 aliphatic rings. The summed E-state index contributed by atoms with van der Waals surface area (Å²) in [6.07, 6.45) is 0. The van der Waals surface area contributed by atoms with Crippen molar-refractivity contribution >= 4 is 0 Å². The first-order valence-corrected chi connectivity index (χ1v) is 4.72. The molecule has 0 unspecified atom stereocenters. The van der Waals surface area contributed by atoms with Gasteiger partial charge in [0.05, 0.1) is 6.61 Å². The Kier molecular flexibility index (Phi) is 5.00. The number of hydrogen-bond donors (Lipinski definition) is 0. The fourth-order valence-electron chi connectivity index (χ4n) is 1.10. The third kappa shape index (κ3) is 3.75. The average molecular weight is 198 g/mol. The molecule has 0 aliphatic heterocycles. The van der Waals surface area contributed by atoms with E-state index in [1.54, 1.807) is 0 Å². The highest BCUT2D eigenvalue weighted by Crippen LogP contribution is 2.13. The van der Waals surface area contributed by atoms with E-state index in [0.29, 0.717) is 19.0 Å². The molecular formula is C11H15FO2. The standard InChI is InChI=1S/C11H15FO2/c1-2-13-9-10-4-3-5-11(8-10)14-7-6-12/h3-5,8H,2,6-7,9H2,1H3. The molecule has 0 heterocycles. The van der Waals surface area contributed by atoms with Gasteiger partial charge in [0.15, 0.2) is 0 Å². The maximum atomic E-state index is 11.8. The molecule has 0 amide bonds. The third-order valence-electron chi connectivity index (χ3n) is 1.72. The van der Waals surface area contributed by atoms with Gasteiger partial charge >= 0.3 is 0 Å². The highest BCUT2D eigenvalue weighted by molar-refractivity contribution is 5.28. The van der Waals surface area contributed by atoms with E-state index >= 15 is 0 Å². The number of rotatable bonds is 6. The van der Waals surface area contributed by atoms with Crippen molar-refractivity contribution in [1.29, 1.82) is 0 Å². The second-order valence-corrected chi connectivity index (χ2v) is 2.82. The van der Waals surface area contributed by atoms with Crippen LogP contribution in [0.15, 0.2) is 24.3 Å². The van der Waals surface area contributed by atoms with Crippen LogP contribution >= 0.6 is 0 Å². The van der Waals surface area contributed by atoms with Crippen LogP contribution in [-0.4, -0.2) is 19.9 Å². The summed E-state index contributed by atoms with van der Waals surface area (Å²) in [5, 5.41) is 0. The Morgan fingerprint density at radius 3 is 2.93 bits per heavy atom. The van der Waals surface area contributed by atoms with Gasteiger partial charge in [0.1, 0.15) is 19.0 Å². The SMILES string of the molecule is CCOCc1cccc(OCCF)c1. The molecule has 14 heavy (non-hydrogen) atoms. The Morgan fingerprint density at radius 1 is 1.36 bits per heavy atom. The lowest BCUT2D eigenvalue weighted by molar-refractivity contribution is 0.134. The molecule has 78 valence electrons. The summed E-state index contributed by atoms with van der Waals surface area (Å²) in [7, 11) is 0. The summed E-state index contributed by atoms with van der Waals surface area (Å²) >= 11 is 0. The lowest BCUT2D eigenvalue weighted by atomic mass is 10.2. The molecule has 0 N–H and O–H groups in total. The number of halogens is 1. The van der Waals surface area contributed by atoms with Crippen molar-refractivity contribution in [3.63, 3.8) is 0 Å². The van der Waals surface area contributed by atoms with E-state index in [-0.39, 0.29) is 6.61 Å². The second kappa shape index (κ2) is 6.38. The summed E-state index contributed by atoms with van der Waals surface area (Å²) in [6, 6.07) is 7.51. The molecule has 3 heteroatoms. The molecule has 0 atom stereocenters. The maximum Gasteiger partial charge on any atom is 0.123 e. The summed E-state index contributed by atoms with van der Waals surface area (Å²) in [5.74, 6) is 0.694. The lowest BCUT2D eigenvalue weighted by Gasteiger charge is -2.06. The zero-order valence-corrected chi connectivity index (χ0v) is 8.33. The summed E-state index contributed by atoms with van der Waals surface area (Å²) in [6.45, 7) is 2.86. The fraction of sp³-hybridized carbons (Fsp3) is 0.455. The summed E-state index contributed by atoms with van der Waals surface area (Å²) in [5.41, 5.74) is 1.04. The van der Waals surface area contributed by atoms with Crippen molar-refractivity contribution < 1.29 is 13.9 Å². The number of hydrogen-bond acceptors (Lipinski definition) is 2. The molecule has 1 aromatic carbocycles. The van der Waals surface area contributed by atoms with Crippen LogP contribution in [0.25, 0.3) is 0 Å². The molecule has 0 aromatic heterocycles. The lowest BCUT2D eigenvalue weighted by Crippen LogP contribution is -1.99. The first-order chi connectivity index (χ1) is 6.86. The minimum Gasteiger partial charge on any atom is -0.491 e. The molecule has 0 fully saturated rings. The van der Waals surface area contributed by atoms with E-state index < -0.39 is 6.67 Å². The summed E-state index contributed by atoms with van der Waals surface area (Å²) in [4.78, 5) is 0. The average Bonchev–Trinajstić information content (AvgIpc) is 2.24. The molecular weight excluding hydrogens is 183 g/mol. The largest absolute Gasteiger partial charge is 0.491 e. The van der Waals surface area contributed by atoms with Gasteiger partial charge in [0.25, 0.3) is 0 Å². The van der Waals surface area contributed by atoms with E-state index in [4.69, 9.17) is 9.47 Å². The van der Waals surface area contributed by atoms with E-state index in [0.717, 1.165) is 5.56 Å². The Morgan fingerprint density at radius 2 is 2.21 bits per heavy atom. The van der Waals surface area contributed by atoms with Crippen LogP contribution in [-0.2, 0) is 11.3 Å². The highest BCUT2D eigenvalue weighted by Gasteiger charge is 1.96. The molecule has 0 radical (unpaired) electrons. The molecule has 2 nitrogen and oxygen atoms in total.